The van der Waals surface area contributed by atoms with Crippen molar-refractivity contribution in [2.45, 2.75) is 13.8 Å². The molecule has 84 valence electrons. The SMILES string of the molecule is CC(C)(CO)COc1cc(Br)ccc1F. The van der Waals surface area contributed by atoms with Gasteiger partial charge in [0.25, 0.3) is 0 Å². The molecule has 0 aromatic heterocycles. The number of aliphatic hydroxyl groups is 1. The Morgan fingerprint density at radius 3 is 2.73 bits per heavy atom. The summed E-state index contributed by atoms with van der Waals surface area (Å²) in [5.74, 6) is -0.196. The van der Waals surface area contributed by atoms with E-state index in [1.165, 1.54) is 6.07 Å². The molecule has 0 aliphatic heterocycles. The molecule has 2 nitrogen and oxygen atoms in total. The van der Waals surface area contributed by atoms with Gasteiger partial charge in [-0.3, -0.25) is 0 Å². The van der Waals surface area contributed by atoms with Gasteiger partial charge in [0.15, 0.2) is 11.6 Å². The second-order valence-corrected chi connectivity index (χ2v) is 5.10. The molecule has 0 heterocycles. The Hall–Kier alpha value is -0.610. The van der Waals surface area contributed by atoms with Crippen LogP contribution in [-0.4, -0.2) is 18.3 Å². The molecule has 0 unspecified atom stereocenters. The Bertz CT molecular complexity index is 339. The summed E-state index contributed by atoms with van der Waals surface area (Å²) < 4.78 is 19.3. The van der Waals surface area contributed by atoms with Gasteiger partial charge in [0, 0.05) is 9.89 Å². The van der Waals surface area contributed by atoms with Crippen molar-refractivity contribution in [3.63, 3.8) is 0 Å². The van der Waals surface area contributed by atoms with E-state index < -0.39 is 5.82 Å². The average molecular weight is 277 g/mol. The highest BCUT2D eigenvalue weighted by Gasteiger charge is 2.18. The molecule has 0 amide bonds. The highest BCUT2D eigenvalue weighted by Crippen LogP contribution is 2.24. The number of hydrogen-bond acceptors (Lipinski definition) is 2. The molecule has 15 heavy (non-hydrogen) atoms. The lowest BCUT2D eigenvalue weighted by Gasteiger charge is -2.21. The first kappa shape index (κ1) is 12.5. The minimum Gasteiger partial charge on any atom is -0.490 e. The van der Waals surface area contributed by atoms with Crippen LogP contribution >= 0.6 is 15.9 Å². The maximum absolute atomic E-state index is 13.2. The van der Waals surface area contributed by atoms with Crippen LogP contribution in [0.3, 0.4) is 0 Å². The van der Waals surface area contributed by atoms with Gasteiger partial charge in [-0.15, -0.1) is 0 Å². The van der Waals surface area contributed by atoms with Gasteiger partial charge in [0.1, 0.15) is 0 Å². The summed E-state index contributed by atoms with van der Waals surface area (Å²) >= 11 is 3.24. The number of benzene rings is 1. The molecular weight excluding hydrogens is 263 g/mol. The second kappa shape index (κ2) is 4.94. The molecule has 1 N–H and O–H groups in total. The van der Waals surface area contributed by atoms with E-state index in [-0.39, 0.29) is 24.4 Å². The smallest absolute Gasteiger partial charge is 0.165 e. The van der Waals surface area contributed by atoms with Gasteiger partial charge in [-0.2, -0.15) is 0 Å². The van der Waals surface area contributed by atoms with E-state index in [0.29, 0.717) is 0 Å². The zero-order valence-corrected chi connectivity index (χ0v) is 10.3. The largest absolute Gasteiger partial charge is 0.490 e. The van der Waals surface area contributed by atoms with Gasteiger partial charge >= 0.3 is 0 Å². The van der Waals surface area contributed by atoms with E-state index in [1.54, 1.807) is 12.1 Å². The van der Waals surface area contributed by atoms with Crippen molar-refractivity contribution >= 4 is 15.9 Å². The van der Waals surface area contributed by atoms with Crippen LogP contribution in [0.2, 0.25) is 0 Å². The van der Waals surface area contributed by atoms with Crippen molar-refractivity contribution in [2.24, 2.45) is 5.41 Å². The van der Waals surface area contributed by atoms with Gasteiger partial charge in [0.2, 0.25) is 0 Å². The highest BCUT2D eigenvalue weighted by molar-refractivity contribution is 9.10. The fourth-order valence-corrected chi connectivity index (χ4v) is 1.25. The van der Waals surface area contributed by atoms with Crippen LogP contribution < -0.4 is 4.74 Å². The molecule has 0 radical (unpaired) electrons. The lowest BCUT2D eigenvalue weighted by atomic mass is 9.96. The van der Waals surface area contributed by atoms with E-state index in [4.69, 9.17) is 9.84 Å². The standard InChI is InChI=1S/C11H14BrFO2/c1-11(2,6-14)7-15-10-5-8(12)3-4-9(10)13/h3-5,14H,6-7H2,1-2H3. The summed E-state index contributed by atoms with van der Waals surface area (Å²) in [4.78, 5) is 0. The van der Waals surface area contributed by atoms with E-state index in [1.807, 2.05) is 13.8 Å². The molecule has 0 atom stereocenters. The third kappa shape index (κ3) is 3.80. The lowest BCUT2D eigenvalue weighted by Crippen LogP contribution is -2.25. The van der Waals surface area contributed by atoms with Crippen molar-refractivity contribution in [1.82, 2.24) is 0 Å². The molecular formula is C11H14BrFO2. The fourth-order valence-electron chi connectivity index (χ4n) is 0.907. The molecule has 0 saturated carbocycles. The van der Waals surface area contributed by atoms with Crippen LogP contribution in [-0.2, 0) is 0 Å². The van der Waals surface area contributed by atoms with Crippen molar-refractivity contribution in [1.29, 1.82) is 0 Å². The first-order chi connectivity index (χ1) is 6.94. The predicted octanol–water partition coefficient (Wildman–Crippen LogP) is 2.99. The molecule has 0 aliphatic carbocycles. The Balaban J connectivity index is 2.69. The van der Waals surface area contributed by atoms with E-state index in [0.717, 1.165) is 4.47 Å². The summed E-state index contributed by atoms with van der Waals surface area (Å²) in [5.41, 5.74) is -0.366. The van der Waals surface area contributed by atoms with Crippen molar-refractivity contribution in [2.75, 3.05) is 13.2 Å². The van der Waals surface area contributed by atoms with Crippen LogP contribution in [0, 0.1) is 11.2 Å². The van der Waals surface area contributed by atoms with Crippen LogP contribution in [0.4, 0.5) is 4.39 Å². The maximum atomic E-state index is 13.2. The Kier molecular flexibility index (Phi) is 4.11. The highest BCUT2D eigenvalue weighted by atomic mass is 79.9. The minimum absolute atomic E-state index is 0.00260. The average Bonchev–Trinajstić information content (AvgIpc) is 2.20. The first-order valence-electron chi connectivity index (χ1n) is 4.63. The minimum atomic E-state index is -0.396. The van der Waals surface area contributed by atoms with Gasteiger partial charge in [-0.25, -0.2) is 4.39 Å². The Morgan fingerprint density at radius 1 is 1.47 bits per heavy atom. The van der Waals surface area contributed by atoms with Crippen LogP contribution in [0.25, 0.3) is 0 Å². The Labute approximate surface area is 97.2 Å². The number of hydrogen-bond donors (Lipinski definition) is 1. The molecule has 4 heteroatoms. The number of aliphatic hydroxyl groups excluding tert-OH is 1. The normalized spacial score (nSPS) is 11.5. The molecule has 1 aromatic rings. The van der Waals surface area contributed by atoms with E-state index in [2.05, 4.69) is 15.9 Å². The van der Waals surface area contributed by atoms with Gasteiger partial charge < -0.3 is 9.84 Å². The lowest BCUT2D eigenvalue weighted by molar-refractivity contribution is 0.0953. The maximum Gasteiger partial charge on any atom is 0.165 e. The van der Waals surface area contributed by atoms with Gasteiger partial charge in [0.05, 0.1) is 13.2 Å². The summed E-state index contributed by atoms with van der Waals surface area (Å²) in [6.07, 6.45) is 0. The Morgan fingerprint density at radius 2 is 2.13 bits per heavy atom. The molecule has 0 aliphatic rings. The van der Waals surface area contributed by atoms with Crippen molar-refractivity contribution in [3.8, 4) is 5.75 Å². The quantitative estimate of drug-likeness (QED) is 0.916. The molecule has 0 fully saturated rings. The number of rotatable bonds is 4. The third-order valence-electron chi connectivity index (χ3n) is 1.94. The van der Waals surface area contributed by atoms with Crippen molar-refractivity contribution in [3.05, 3.63) is 28.5 Å². The topological polar surface area (TPSA) is 29.5 Å². The summed E-state index contributed by atoms with van der Waals surface area (Å²) in [7, 11) is 0. The monoisotopic (exact) mass is 276 g/mol. The zero-order chi connectivity index (χ0) is 11.5. The second-order valence-electron chi connectivity index (χ2n) is 4.19. The zero-order valence-electron chi connectivity index (χ0n) is 8.76. The molecule has 0 saturated heterocycles. The van der Waals surface area contributed by atoms with Gasteiger partial charge in [-0.1, -0.05) is 29.8 Å². The molecule has 1 rings (SSSR count). The fraction of sp³-hybridized carbons (Fsp3) is 0.455. The summed E-state index contributed by atoms with van der Waals surface area (Å²) in [6.45, 7) is 3.98. The predicted molar refractivity (Wildman–Crippen MR) is 60.5 cm³/mol. The van der Waals surface area contributed by atoms with Crippen LogP contribution in [0.1, 0.15) is 13.8 Å². The molecule has 1 aromatic carbocycles. The van der Waals surface area contributed by atoms with Gasteiger partial charge in [-0.05, 0) is 18.2 Å². The van der Waals surface area contributed by atoms with Crippen LogP contribution in [0.5, 0.6) is 5.75 Å². The summed E-state index contributed by atoms with van der Waals surface area (Å²) in [6, 6.07) is 4.52. The third-order valence-corrected chi connectivity index (χ3v) is 2.43. The number of ether oxygens (including phenoxy) is 1. The van der Waals surface area contributed by atoms with E-state index >= 15 is 0 Å². The number of halogens is 2. The molecule has 0 spiro atoms. The first-order valence-corrected chi connectivity index (χ1v) is 5.43. The molecule has 0 bridgehead atoms. The van der Waals surface area contributed by atoms with Crippen LogP contribution in [0.15, 0.2) is 22.7 Å². The van der Waals surface area contributed by atoms with Crippen molar-refractivity contribution < 1.29 is 14.2 Å². The summed E-state index contributed by atoms with van der Waals surface area (Å²) in [5, 5.41) is 9.01. The van der Waals surface area contributed by atoms with E-state index in [9.17, 15) is 4.39 Å².